The Labute approximate surface area is 174 Å². The summed E-state index contributed by atoms with van der Waals surface area (Å²) in [6.45, 7) is 5.63. The quantitative estimate of drug-likeness (QED) is 0.479. The van der Waals surface area contributed by atoms with Gasteiger partial charge in [0.15, 0.2) is 6.10 Å². The van der Waals surface area contributed by atoms with Gasteiger partial charge in [0, 0.05) is 12.1 Å². The minimum absolute atomic E-state index is 0.145. The molecule has 6 nitrogen and oxygen atoms in total. The Morgan fingerprint density at radius 3 is 2.60 bits per heavy atom. The largest absolute Gasteiger partial charge is 0.451 e. The molecule has 0 bridgehead atoms. The Morgan fingerprint density at radius 1 is 1.10 bits per heavy atom. The van der Waals surface area contributed by atoms with E-state index in [1.807, 2.05) is 25.1 Å². The number of hydrogen-bond acceptors (Lipinski definition) is 5. The van der Waals surface area contributed by atoms with Gasteiger partial charge in [-0.1, -0.05) is 12.1 Å². The fourth-order valence-electron chi connectivity index (χ4n) is 4.06. The highest BCUT2D eigenvalue weighted by Crippen LogP contribution is 2.24. The molecule has 30 heavy (non-hydrogen) atoms. The van der Waals surface area contributed by atoms with E-state index in [1.54, 1.807) is 36.6 Å². The highest BCUT2D eigenvalue weighted by molar-refractivity contribution is 6.02. The van der Waals surface area contributed by atoms with E-state index in [0.29, 0.717) is 34.4 Å². The zero-order valence-corrected chi connectivity index (χ0v) is 17.4. The van der Waals surface area contributed by atoms with Crippen molar-refractivity contribution in [1.82, 2.24) is 9.55 Å². The highest BCUT2D eigenvalue weighted by atomic mass is 16.5. The number of Topliss-reactive ketones (excluding diaryl/α,β-unsaturated/α-hetero) is 1. The number of aromatic nitrogens is 2. The molecule has 3 aromatic rings. The second kappa shape index (κ2) is 7.86. The van der Waals surface area contributed by atoms with Crippen molar-refractivity contribution in [3.63, 3.8) is 0 Å². The molecule has 1 heterocycles. The van der Waals surface area contributed by atoms with Gasteiger partial charge in [-0.2, -0.15) is 0 Å². The fraction of sp³-hybridized carbons (Fsp3) is 0.333. The molecule has 0 fully saturated rings. The number of nitrogens with zero attached hydrogens (tertiary/aromatic N) is 2. The van der Waals surface area contributed by atoms with E-state index in [-0.39, 0.29) is 11.3 Å². The van der Waals surface area contributed by atoms with Crippen molar-refractivity contribution < 1.29 is 14.3 Å². The smallest absolute Gasteiger partial charge is 0.338 e. The van der Waals surface area contributed by atoms with E-state index in [0.717, 1.165) is 19.3 Å². The van der Waals surface area contributed by atoms with Gasteiger partial charge < -0.3 is 9.30 Å². The Hall–Kier alpha value is -3.28. The number of esters is 1. The summed E-state index contributed by atoms with van der Waals surface area (Å²) in [6, 6.07) is 10.6. The molecule has 6 heteroatoms. The van der Waals surface area contributed by atoms with E-state index in [9.17, 15) is 14.4 Å². The summed E-state index contributed by atoms with van der Waals surface area (Å²) in [5, 5.41) is 0. The standard InChI is InChI=1S/C24H24N2O4/c1-4-26-21-11-10-19(13-20(21)25-14(2)23(26)28)24(29)30-15(3)22(27)18-9-8-16-6-5-7-17(16)12-18/h8-13,15H,4-7H2,1-3H3/t15-/m1/s1. The number of benzene rings is 2. The summed E-state index contributed by atoms with van der Waals surface area (Å²) in [5.41, 5.74) is 4.79. The molecular weight excluding hydrogens is 380 g/mol. The van der Waals surface area contributed by atoms with E-state index in [2.05, 4.69) is 4.98 Å². The van der Waals surface area contributed by atoms with Crippen molar-refractivity contribution in [2.75, 3.05) is 0 Å². The first-order valence-corrected chi connectivity index (χ1v) is 10.3. The van der Waals surface area contributed by atoms with Crippen molar-refractivity contribution in [2.24, 2.45) is 0 Å². The van der Waals surface area contributed by atoms with Crippen molar-refractivity contribution in [1.29, 1.82) is 0 Å². The summed E-state index contributed by atoms with van der Waals surface area (Å²) in [4.78, 5) is 42.0. The number of hydrogen-bond donors (Lipinski definition) is 0. The first-order valence-electron chi connectivity index (χ1n) is 10.3. The maximum atomic E-state index is 12.8. The Kier molecular flexibility index (Phi) is 5.24. The summed E-state index contributed by atoms with van der Waals surface area (Å²) in [6.07, 6.45) is 2.25. The van der Waals surface area contributed by atoms with Crippen LogP contribution in [0.1, 0.15) is 57.8 Å². The Morgan fingerprint density at radius 2 is 1.83 bits per heavy atom. The lowest BCUT2D eigenvalue weighted by Crippen LogP contribution is -2.25. The number of carbonyl (C=O) groups excluding carboxylic acids is 2. The number of rotatable bonds is 5. The summed E-state index contributed by atoms with van der Waals surface area (Å²) < 4.78 is 7.06. The minimum atomic E-state index is -0.896. The van der Waals surface area contributed by atoms with Crippen LogP contribution in [0.5, 0.6) is 0 Å². The predicted octanol–water partition coefficient (Wildman–Crippen LogP) is 3.64. The Balaban J connectivity index is 1.55. The van der Waals surface area contributed by atoms with E-state index >= 15 is 0 Å². The van der Waals surface area contributed by atoms with E-state index in [4.69, 9.17) is 4.74 Å². The van der Waals surface area contributed by atoms with Gasteiger partial charge in [0.25, 0.3) is 5.56 Å². The van der Waals surface area contributed by atoms with Crippen LogP contribution < -0.4 is 5.56 Å². The van der Waals surface area contributed by atoms with Gasteiger partial charge in [0.1, 0.15) is 5.69 Å². The Bertz CT molecular complexity index is 1230. The van der Waals surface area contributed by atoms with Gasteiger partial charge in [-0.05, 0) is 75.4 Å². The molecule has 0 spiro atoms. The third-order valence-electron chi connectivity index (χ3n) is 5.70. The molecule has 0 aliphatic heterocycles. The number of ketones is 1. The van der Waals surface area contributed by atoms with Crippen LogP contribution in [0.2, 0.25) is 0 Å². The second-order valence-electron chi connectivity index (χ2n) is 7.70. The van der Waals surface area contributed by atoms with Gasteiger partial charge in [0.05, 0.1) is 16.6 Å². The van der Waals surface area contributed by atoms with Gasteiger partial charge in [0.2, 0.25) is 5.78 Å². The fourth-order valence-corrected chi connectivity index (χ4v) is 4.06. The van der Waals surface area contributed by atoms with Crippen LogP contribution >= 0.6 is 0 Å². The highest BCUT2D eigenvalue weighted by Gasteiger charge is 2.22. The van der Waals surface area contributed by atoms with Crippen LogP contribution in [0.15, 0.2) is 41.2 Å². The molecule has 1 atom stereocenters. The topological polar surface area (TPSA) is 78.3 Å². The first-order chi connectivity index (χ1) is 14.4. The average molecular weight is 404 g/mol. The van der Waals surface area contributed by atoms with E-state index < -0.39 is 12.1 Å². The van der Waals surface area contributed by atoms with Crippen molar-refractivity contribution in [3.05, 3.63) is 74.7 Å². The van der Waals surface area contributed by atoms with Crippen LogP contribution in [-0.4, -0.2) is 27.4 Å². The zero-order valence-electron chi connectivity index (χ0n) is 17.4. The van der Waals surface area contributed by atoms with Gasteiger partial charge >= 0.3 is 5.97 Å². The molecule has 0 saturated heterocycles. The second-order valence-corrected chi connectivity index (χ2v) is 7.70. The normalized spacial score (nSPS) is 13.8. The summed E-state index contributed by atoms with van der Waals surface area (Å²) in [7, 11) is 0. The lowest BCUT2D eigenvalue weighted by atomic mass is 10.0. The number of ether oxygens (including phenoxy) is 1. The molecule has 0 N–H and O–H groups in total. The third kappa shape index (κ3) is 3.54. The first kappa shape index (κ1) is 20.0. The van der Waals surface area contributed by atoms with E-state index in [1.165, 1.54) is 11.1 Å². The van der Waals surface area contributed by atoms with Crippen molar-refractivity contribution >= 4 is 22.8 Å². The van der Waals surface area contributed by atoms with Crippen molar-refractivity contribution in [2.45, 2.75) is 52.7 Å². The molecule has 0 radical (unpaired) electrons. The van der Waals surface area contributed by atoms with Crippen LogP contribution in [-0.2, 0) is 24.1 Å². The summed E-state index contributed by atoms with van der Waals surface area (Å²) in [5.74, 6) is -0.805. The van der Waals surface area contributed by atoms with Crippen LogP contribution in [0.4, 0.5) is 0 Å². The lowest BCUT2D eigenvalue weighted by Gasteiger charge is -2.14. The average Bonchev–Trinajstić information content (AvgIpc) is 3.21. The van der Waals surface area contributed by atoms with Gasteiger partial charge in [-0.25, -0.2) is 9.78 Å². The number of aryl methyl sites for hydroxylation is 4. The minimum Gasteiger partial charge on any atom is -0.451 e. The maximum absolute atomic E-state index is 12.8. The SMILES string of the molecule is CCn1c(=O)c(C)nc2cc(C(=O)O[C@H](C)C(=O)c3ccc4c(c3)CCC4)ccc21. The number of fused-ring (bicyclic) bond motifs is 2. The lowest BCUT2D eigenvalue weighted by molar-refractivity contribution is 0.0319. The molecule has 2 aromatic carbocycles. The zero-order chi connectivity index (χ0) is 21.4. The third-order valence-corrected chi connectivity index (χ3v) is 5.70. The van der Waals surface area contributed by atoms with Crippen LogP contribution in [0.25, 0.3) is 11.0 Å². The summed E-state index contributed by atoms with van der Waals surface area (Å²) >= 11 is 0. The van der Waals surface area contributed by atoms with Crippen LogP contribution in [0, 0.1) is 6.92 Å². The molecule has 154 valence electrons. The van der Waals surface area contributed by atoms with Gasteiger partial charge in [-0.3, -0.25) is 9.59 Å². The molecular formula is C24H24N2O4. The molecule has 0 unspecified atom stereocenters. The maximum Gasteiger partial charge on any atom is 0.338 e. The van der Waals surface area contributed by atoms with Crippen LogP contribution in [0.3, 0.4) is 0 Å². The van der Waals surface area contributed by atoms with Crippen molar-refractivity contribution in [3.8, 4) is 0 Å². The molecule has 1 aliphatic carbocycles. The number of carbonyl (C=O) groups is 2. The van der Waals surface area contributed by atoms with Gasteiger partial charge in [-0.15, -0.1) is 0 Å². The molecule has 1 aromatic heterocycles. The predicted molar refractivity (Wildman–Crippen MR) is 114 cm³/mol. The molecule has 1 aliphatic rings. The molecule has 0 saturated carbocycles. The monoisotopic (exact) mass is 404 g/mol. The molecule has 4 rings (SSSR count). The molecule has 0 amide bonds.